The fourth-order valence-corrected chi connectivity index (χ4v) is 2.56. The second-order valence-corrected chi connectivity index (χ2v) is 6.17. The molecule has 1 amide bonds. The Morgan fingerprint density at radius 3 is 2.34 bits per heavy atom. The molecule has 2 N–H and O–H groups in total. The molecule has 0 bridgehead atoms. The lowest BCUT2D eigenvalue weighted by atomic mass is 10.1. The lowest BCUT2D eigenvalue weighted by Crippen LogP contribution is -2.27. The summed E-state index contributed by atoms with van der Waals surface area (Å²) in [6.07, 6.45) is 1.36. The van der Waals surface area contributed by atoms with Gasteiger partial charge in [0.1, 0.15) is 23.9 Å². The molecule has 0 fully saturated rings. The minimum atomic E-state index is -1.25. The van der Waals surface area contributed by atoms with Crippen LogP contribution in [0.25, 0.3) is 6.08 Å². The molecule has 146 valence electrons. The van der Waals surface area contributed by atoms with Gasteiger partial charge < -0.3 is 15.2 Å². The number of hydrogen-bond donors (Lipinski definition) is 2. The fourth-order valence-electron chi connectivity index (χ4n) is 2.56. The van der Waals surface area contributed by atoms with Gasteiger partial charge in [0.2, 0.25) is 0 Å². The van der Waals surface area contributed by atoms with Gasteiger partial charge in [0.15, 0.2) is 0 Å². The normalized spacial score (nSPS) is 11.0. The maximum absolute atomic E-state index is 13.2. The van der Waals surface area contributed by atoms with Gasteiger partial charge >= 0.3 is 5.97 Å². The highest BCUT2D eigenvalue weighted by atomic mass is 19.1. The molecular formula is C23H18FNO4. The van der Waals surface area contributed by atoms with Crippen LogP contribution in [0, 0.1) is 5.82 Å². The van der Waals surface area contributed by atoms with E-state index in [1.54, 1.807) is 66.7 Å². The van der Waals surface area contributed by atoms with Gasteiger partial charge in [-0.1, -0.05) is 42.5 Å². The highest BCUT2D eigenvalue weighted by Crippen LogP contribution is 2.16. The van der Waals surface area contributed by atoms with E-state index in [1.807, 2.05) is 0 Å². The highest BCUT2D eigenvalue weighted by Gasteiger charge is 2.13. The molecule has 0 spiro atoms. The number of rotatable bonds is 7. The second kappa shape index (κ2) is 9.32. The number of hydrogen-bond acceptors (Lipinski definition) is 3. The number of carbonyl (C=O) groups excluding carboxylic acids is 1. The van der Waals surface area contributed by atoms with Crippen molar-refractivity contribution in [1.29, 1.82) is 0 Å². The smallest absolute Gasteiger partial charge is 0.352 e. The maximum Gasteiger partial charge on any atom is 0.352 e. The number of carboxylic acids is 1. The fraction of sp³-hybridized carbons (Fsp3) is 0.0435. The molecule has 0 atom stereocenters. The summed E-state index contributed by atoms with van der Waals surface area (Å²) in [4.78, 5) is 23.7. The van der Waals surface area contributed by atoms with Gasteiger partial charge in [-0.05, 0) is 53.6 Å². The number of ether oxygens (including phenoxy) is 1. The zero-order valence-electron chi connectivity index (χ0n) is 15.3. The summed E-state index contributed by atoms with van der Waals surface area (Å²) in [6.45, 7) is 0.209. The van der Waals surface area contributed by atoms with Crippen molar-refractivity contribution in [3.05, 3.63) is 107 Å². The Bertz CT molecular complexity index is 1030. The zero-order valence-corrected chi connectivity index (χ0v) is 15.3. The predicted molar refractivity (Wildman–Crippen MR) is 107 cm³/mol. The molecule has 0 heterocycles. The highest BCUT2D eigenvalue weighted by molar-refractivity contribution is 6.02. The maximum atomic E-state index is 13.2. The summed E-state index contributed by atoms with van der Waals surface area (Å²) < 4.78 is 18.8. The van der Waals surface area contributed by atoms with Gasteiger partial charge in [0.25, 0.3) is 5.91 Å². The third-order valence-electron chi connectivity index (χ3n) is 4.00. The summed E-state index contributed by atoms with van der Waals surface area (Å²) in [6, 6.07) is 21.1. The Kier molecular flexibility index (Phi) is 6.37. The van der Waals surface area contributed by atoms with E-state index >= 15 is 0 Å². The minimum Gasteiger partial charge on any atom is -0.489 e. The Morgan fingerprint density at radius 1 is 0.966 bits per heavy atom. The molecule has 3 aromatic carbocycles. The standard InChI is InChI=1S/C23H18FNO4/c24-19-8-4-5-17(13-19)15-29-20-11-9-16(10-12-20)14-21(23(27)28)25-22(26)18-6-2-1-3-7-18/h1-14H,15H2,(H,25,26)(H,27,28)/b21-14-. The van der Waals surface area contributed by atoms with E-state index in [0.29, 0.717) is 22.4 Å². The van der Waals surface area contributed by atoms with Gasteiger partial charge in [-0.25, -0.2) is 9.18 Å². The Balaban J connectivity index is 1.67. The van der Waals surface area contributed by atoms with E-state index in [2.05, 4.69) is 5.32 Å². The molecule has 0 unspecified atom stereocenters. The number of carbonyl (C=O) groups is 2. The summed E-state index contributed by atoms with van der Waals surface area (Å²) >= 11 is 0. The van der Waals surface area contributed by atoms with Crippen LogP contribution in [0.2, 0.25) is 0 Å². The van der Waals surface area contributed by atoms with Crippen molar-refractivity contribution in [2.75, 3.05) is 0 Å². The van der Waals surface area contributed by atoms with Crippen LogP contribution >= 0.6 is 0 Å². The van der Waals surface area contributed by atoms with Crippen LogP contribution in [-0.4, -0.2) is 17.0 Å². The largest absolute Gasteiger partial charge is 0.489 e. The Hall–Kier alpha value is -3.93. The molecule has 5 nitrogen and oxygen atoms in total. The third kappa shape index (κ3) is 5.77. The average molecular weight is 391 g/mol. The first-order valence-corrected chi connectivity index (χ1v) is 8.80. The number of carboxylic acid groups (broad SMARTS) is 1. The van der Waals surface area contributed by atoms with Crippen molar-refractivity contribution in [3.63, 3.8) is 0 Å². The van der Waals surface area contributed by atoms with Gasteiger partial charge in [0, 0.05) is 5.56 Å². The number of nitrogens with one attached hydrogen (secondary N) is 1. The number of amides is 1. The van der Waals surface area contributed by atoms with Gasteiger partial charge in [0.05, 0.1) is 0 Å². The summed E-state index contributed by atoms with van der Waals surface area (Å²) in [5.41, 5.74) is 1.40. The van der Waals surface area contributed by atoms with E-state index in [4.69, 9.17) is 4.74 Å². The molecule has 0 saturated heterocycles. The van der Waals surface area contributed by atoms with Crippen molar-refractivity contribution in [2.45, 2.75) is 6.61 Å². The molecule has 0 radical (unpaired) electrons. The lowest BCUT2D eigenvalue weighted by Gasteiger charge is -2.08. The SMILES string of the molecule is O=C(O)/C(=C/c1ccc(OCc2cccc(F)c2)cc1)NC(=O)c1ccccc1. The van der Waals surface area contributed by atoms with Crippen LogP contribution in [-0.2, 0) is 11.4 Å². The first-order valence-electron chi connectivity index (χ1n) is 8.80. The van der Waals surface area contributed by atoms with Crippen molar-refractivity contribution < 1.29 is 23.8 Å². The Labute approximate surface area is 167 Å². The van der Waals surface area contributed by atoms with Crippen LogP contribution in [0.1, 0.15) is 21.5 Å². The zero-order chi connectivity index (χ0) is 20.6. The van der Waals surface area contributed by atoms with Crippen LogP contribution in [0.4, 0.5) is 4.39 Å². The molecule has 6 heteroatoms. The van der Waals surface area contributed by atoms with Crippen LogP contribution in [0.15, 0.2) is 84.6 Å². The molecule has 0 aliphatic rings. The quantitative estimate of drug-likeness (QED) is 0.590. The monoisotopic (exact) mass is 391 g/mol. The predicted octanol–water partition coefficient (Wildman–Crippen LogP) is 4.26. The topological polar surface area (TPSA) is 75.6 Å². The first kappa shape index (κ1) is 19.8. The molecule has 3 rings (SSSR count). The number of aliphatic carboxylic acids is 1. The molecule has 0 aliphatic carbocycles. The van der Waals surface area contributed by atoms with Crippen molar-refractivity contribution in [2.24, 2.45) is 0 Å². The summed E-state index contributed by atoms with van der Waals surface area (Å²) in [7, 11) is 0. The van der Waals surface area contributed by atoms with E-state index < -0.39 is 11.9 Å². The van der Waals surface area contributed by atoms with E-state index in [0.717, 1.165) is 0 Å². The van der Waals surface area contributed by atoms with Crippen molar-refractivity contribution in [3.8, 4) is 5.75 Å². The second-order valence-electron chi connectivity index (χ2n) is 6.17. The van der Waals surface area contributed by atoms with E-state index in [9.17, 15) is 19.1 Å². The molecule has 29 heavy (non-hydrogen) atoms. The summed E-state index contributed by atoms with van der Waals surface area (Å²) in [5, 5.41) is 11.8. The van der Waals surface area contributed by atoms with Crippen molar-refractivity contribution >= 4 is 18.0 Å². The number of benzene rings is 3. The number of halogens is 1. The first-order chi connectivity index (χ1) is 14.0. The van der Waals surface area contributed by atoms with Crippen LogP contribution in [0.5, 0.6) is 5.75 Å². The Morgan fingerprint density at radius 2 is 1.69 bits per heavy atom. The van der Waals surface area contributed by atoms with Crippen molar-refractivity contribution in [1.82, 2.24) is 5.32 Å². The lowest BCUT2D eigenvalue weighted by molar-refractivity contribution is -0.132. The molecular weight excluding hydrogens is 373 g/mol. The van der Waals surface area contributed by atoms with Crippen LogP contribution in [0.3, 0.4) is 0 Å². The molecule has 0 aromatic heterocycles. The average Bonchev–Trinajstić information content (AvgIpc) is 2.73. The van der Waals surface area contributed by atoms with Gasteiger partial charge in [-0.2, -0.15) is 0 Å². The van der Waals surface area contributed by atoms with Crippen LogP contribution < -0.4 is 10.1 Å². The molecule has 0 aliphatic heterocycles. The van der Waals surface area contributed by atoms with Gasteiger partial charge in [-0.3, -0.25) is 4.79 Å². The molecule has 0 saturated carbocycles. The van der Waals surface area contributed by atoms with E-state index in [1.165, 1.54) is 18.2 Å². The summed E-state index contributed by atoms with van der Waals surface area (Å²) in [5.74, 6) is -1.53. The third-order valence-corrected chi connectivity index (χ3v) is 4.00. The van der Waals surface area contributed by atoms with Gasteiger partial charge in [-0.15, -0.1) is 0 Å². The molecule has 3 aromatic rings. The minimum absolute atomic E-state index is 0.209. The van der Waals surface area contributed by atoms with E-state index in [-0.39, 0.29) is 18.1 Å².